The van der Waals surface area contributed by atoms with Crippen LogP contribution in [-0.4, -0.2) is 29.4 Å². The maximum absolute atomic E-state index is 12.9. The molecule has 1 heterocycles. The number of ether oxygens (including phenoxy) is 2. The molecule has 0 saturated heterocycles. The third-order valence-corrected chi connectivity index (χ3v) is 3.63. The molecule has 2 aromatic rings. The van der Waals surface area contributed by atoms with Crippen LogP contribution < -0.4 is 14.8 Å². The molecular formula is C18H22F3N3O3. The zero-order chi connectivity index (χ0) is 20.0. The van der Waals surface area contributed by atoms with Crippen LogP contribution in [0.1, 0.15) is 42.6 Å². The predicted molar refractivity (Wildman–Crippen MR) is 94.3 cm³/mol. The minimum absolute atomic E-state index is 0.175. The molecular weight excluding hydrogens is 363 g/mol. The molecule has 0 aliphatic rings. The van der Waals surface area contributed by atoms with Gasteiger partial charge in [0.15, 0.2) is 0 Å². The molecule has 0 unspecified atom stereocenters. The van der Waals surface area contributed by atoms with E-state index in [1.165, 1.54) is 6.07 Å². The van der Waals surface area contributed by atoms with Gasteiger partial charge in [-0.2, -0.15) is 13.2 Å². The van der Waals surface area contributed by atoms with Gasteiger partial charge in [-0.25, -0.2) is 0 Å². The molecule has 1 aromatic heterocycles. The van der Waals surface area contributed by atoms with Crippen molar-refractivity contribution in [2.45, 2.75) is 39.4 Å². The Morgan fingerprint density at radius 2 is 2.00 bits per heavy atom. The van der Waals surface area contributed by atoms with E-state index >= 15 is 0 Å². The van der Waals surface area contributed by atoms with E-state index in [1.54, 1.807) is 10.9 Å². The fourth-order valence-electron chi connectivity index (χ4n) is 2.41. The molecule has 2 rings (SSSR count). The Morgan fingerprint density at radius 3 is 2.59 bits per heavy atom. The first-order valence-corrected chi connectivity index (χ1v) is 8.57. The Balaban J connectivity index is 2.26. The Kier molecular flexibility index (Phi) is 6.70. The number of aromatic nitrogens is 2. The van der Waals surface area contributed by atoms with E-state index in [1.807, 2.05) is 13.8 Å². The van der Waals surface area contributed by atoms with Crippen molar-refractivity contribution in [3.63, 3.8) is 0 Å². The topological polar surface area (TPSA) is 65.4 Å². The molecule has 9 heteroatoms. The van der Waals surface area contributed by atoms with Crippen molar-refractivity contribution in [2.24, 2.45) is 0 Å². The third-order valence-electron chi connectivity index (χ3n) is 3.63. The predicted octanol–water partition coefficient (Wildman–Crippen LogP) is 4.36. The molecule has 0 aliphatic heterocycles. The molecule has 1 N–H and O–H groups in total. The van der Waals surface area contributed by atoms with Gasteiger partial charge in [-0.3, -0.25) is 9.48 Å². The molecule has 0 fully saturated rings. The Bertz CT molecular complexity index is 788. The molecule has 0 bridgehead atoms. The highest BCUT2D eigenvalue weighted by molar-refractivity contribution is 6.05. The molecule has 0 atom stereocenters. The highest BCUT2D eigenvalue weighted by Crippen LogP contribution is 2.37. The second-order valence-corrected chi connectivity index (χ2v) is 5.83. The van der Waals surface area contributed by atoms with E-state index in [4.69, 9.17) is 9.47 Å². The van der Waals surface area contributed by atoms with Crippen molar-refractivity contribution in [2.75, 3.05) is 19.0 Å². The van der Waals surface area contributed by atoms with Gasteiger partial charge < -0.3 is 14.8 Å². The standard InChI is InChI=1S/C18H22F3N3O3/c1-4-8-24-11-13(17(23-24)27-9-5-2)16(25)22-12-6-7-14(18(19,20)21)15(10-12)26-3/h6-7,10-11H,4-5,8-9H2,1-3H3,(H,22,25). The van der Waals surface area contributed by atoms with Crippen LogP contribution in [-0.2, 0) is 12.7 Å². The monoisotopic (exact) mass is 385 g/mol. The maximum atomic E-state index is 12.9. The molecule has 0 aliphatic carbocycles. The van der Waals surface area contributed by atoms with E-state index in [9.17, 15) is 18.0 Å². The van der Waals surface area contributed by atoms with Crippen molar-refractivity contribution < 1.29 is 27.4 Å². The van der Waals surface area contributed by atoms with Gasteiger partial charge >= 0.3 is 6.18 Å². The number of hydrogen-bond acceptors (Lipinski definition) is 4. The summed E-state index contributed by atoms with van der Waals surface area (Å²) in [5, 5.41) is 6.80. The Labute approximate surface area is 155 Å². The lowest BCUT2D eigenvalue weighted by Crippen LogP contribution is -2.14. The summed E-state index contributed by atoms with van der Waals surface area (Å²) < 4.78 is 50.8. The number of methoxy groups -OCH3 is 1. The Morgan fingerprint density at radius 1 is 1.26 bits per heavy atom. The van der Waals surface area contributed by atoms with Crippen LogP contribution in [0.3, 0.4) is 0 Å². The molecule has 148 valence electrons. The van der Waals surface area contributed by atoms with Crippen molar-refractivity contribution in [3.8, 4) is 11.6 Å². The summed E-state index contributed by atoms with van der Waals surface area (Å²) in [6.07, 6.45) is -1.41. The summed E-state index contributed by atoms with van der Waals surface area (Å²) in [6.45, 7) is 4.92. The number of nitrogens with one attached hydrogen (secondary N) is 1. The van der Waals surface area contributed by atoms with Crippen LogP contribution in [0.25, 0.3) is 0 Å². The quantitative estimate of drug-likeness (QED) is 0.733. The van der Waals surface area contributed by atoms with Crippen molar-refractivity contribution in [1.29, 1.82) is 0 Å². The fourth-order valence-corrected chi connectivity index (χ4v) is 2.41. The SMILES string of the molecule is CCCOc1nn(CCC)cc1C(=O)Nc1ccc(C(F)(F)F)c(OC)c1. The molecule has 1 aromatic carbocycles. The lowest BCUT2D eigenvalue weighted by atomic mass is 10.1. The van der Waals surface area contributed by atoms with E-state index in [0.29, 0.717) is 13.2 Å². The van der Waals surface area contributed by atoms with Gasteiger partial charge in [0.05, 0.1) is 19.3 Å². The average molecular weight is 385 g/mol. The van der Waals surface area contributed by atoms with Gasteiger partial charge in [0.2, 0.25) is 5.88 Å². The second kappa shape index (κ2) is 8.79. The number of halogens is 3. The first kappa shape index (κ1) is 20.6. The minimum Gasteiger partial charge on any atom is -0.496 e. The molecule has 0 radical (unpaired) electrons. The molecule has 0 saturated carbocycles. The summed E-state index contributed by atoms with van der Waals surface area (Å²) in [5.74, 6) is -0.698. The number of aryl methyl sites for hydroxylation is 1. The smallest absolute Gasteiger partial charge is 0.419 e. The third kappa shape index (κ3) is 5.15. The number of amides is 1. The minimum atomic E-state index is -4.55. The van der Waals surface area contributed by atoms with Crippen molar-refractivity contribution in [1.82, 2.24) is 9.78 Å². The number of benzene rings is 1. The van der Waals surface area contributed by atoms with Crippen molar-refractivity contribution >= 4 is 11.6 Å². The number of nitrogens with zero attached hydrogens (tertiary/aromatic N) is 2. The van der Waals surface area contributed by atoms with Gasteiger partial charge in [-0.1, -0.05) is 13.8 Å². The summed E-state index contributed by atoms with van der Waals surface area (Å²) in [6, 6.07) is 3.17. The summed E-state index contributed by atoms with van der Waals surface area (Å²) in [5.41, 5.74) is -0.518. The van der Waals surface area contributed by atoms with Crippen LogP contribution in [0.2, 0.25) is 0 Å². The normalized spacial score (nSPS) is 11.3. The average Bonchev–Trinajstić information content (AvgIpc) is 3.02. The van der Waals surface area contributed by atoms with Crippen molar-refractivity contribution in [3.05, 3.63) is 35.5 Å². The molecule has 6 nitrogen and oxygen atoms in total. The summed E-state index contributed by atoms with van der Waals surface area (Å²) in [4.78, 5) is 12.6. The van der Waals surface area contributed by atoms with Gasteiger partial charge in [0, 0.05) is 24.5 Å². The lowest BCUT2D eigenvalue weighted by Gasteiger charge is -2.13. The first-order valence-electron chi connectivity index (χ1n) is 8.57. The first-order chi connectivity index (χ1) is 12.8. The van der Waals surface area contributed by atoms with Crippen LogP contribution in [0.4, 0.5) is 18.9 Å². The summed E-state index contributed by atoms with van der Waals surface area (Å²) >= 11 is 0. The molecule has 1 amide bonds. The van der Waals surface area contributed by atoms with E-state index in [-0.39, 0.29) is 22.9 Å². The van der Waals surface area contributed by atoms with Gasteiger partial charge in [0.25, 0.3) is 5.91 Å². The van der Waals surface area contributed by atoms with E-state index in [0.717, 1.165) is 32.1 Å². The largest absolute Gasteiger partial charge is 0.496 e. The van der Waals surface area contributed by atoms with Crippen LogP contribution in [0, 0.1) is 0 Å². The number of hydrogen-bond donors (Lipinski definition) is 1. The van der Waals surface area contributed by atoms with Gasteiger partial charge in [0.1, 0.15) is 11.3 Å². The van der Waals surface area contributed by atoms with Crippen LogP contribution >= 0.6 is 0 Å². The van der Waals surface area contributed by atoms with E-state index in [2.05, 4.69) is 10.4 Å². The Hall–Kier alpha value is -2.71. The maximum Gasteiger partial charge on any atom is 0.419 e. The number of alkyl halides is 3. The fraction of sp³-hybridized carbons (Fsp3) is 0.444. The molecule has 27 heavy (non-hydrogen) atoms. The van der Waals surface area contributed by atoms with E-state index < -0.39 is 17.6 Å². The number of carbonyl (C=O) groups is 1. The van der Waals surface area contributed by atoms with Gasteiger partial charge in [-0.05, 0) is 25.0 Å². The molecule has 0 spiro atoms. The highest BCUT2D eigenvalue weighted by atomic mass is 19.4. The zero-order valence-corrected chi connectivity index (χ0v) is 15.4. The van der Waals surface area contributed by atoms with Crippen LogP contribution in [0.5, 0.6) is 11.6 Å². The number of carbonyl (C=O) groups excluding carboxylic acids is 1. The lowest BCUT2D eigenvalue weighted by molar-refractivity contribution is -0.138. The van der Waals surface area contributed by atoms with Gasteiger partial charge in [-0.15, -0.1) is 5.10 Å². The second-order valence-electron chi connectivity index (χ2n) is 5.83. The summed E-state index contributed by atoms with van der Waals surface area (Å²) in [7, 11) is 1.14. The zero-order valence-electron chi connectivity index (χ0n) is 15.4. The number of rotatable bonds is 8. The number of anilines is 1. The highest BCUT2D eigenvalue weighted by Gasteiger charge is 2.34. The van der Waals surface area contributed by atoms with Crippen LogP contribution in [0.15, 0.2) is 24.4 Å².